The van der Waals surface area contributed by atoms with Crippen LogP contribution in [0.5, 0.6) is 5.75 Å². The molecule has 25 heavy (non-hydrogen) atoms. The van der Waals surface area contributed by atoms with E-state index in [1.54, 1.807) is 24.3 Å². The van der Waals surface area contributed by atoms with Gasteiger partial charge in [0.15, 0.2) is 0 Å². The number of alkyl halides is 3. The summed E-state index contributed by atoms with van der Waals surface area (Å²) in [5, 5.41) is 11.2. The number of ether oxygens (including phenoxy) is 1. The second-order valence-electron chi connectivity index (χ2n) is 4.94. The first-order chi connectivity index (χ1) is 11.7. The van der Waals surface area contributed by atoms with Crippen molar-refractivity contribution in [2.45, 2.75) is 18.6 Å². The van der Waals surface area contributed by atoms with Crippen LogP contribution in [-0.4, -0.2) is 41.3 Å². The number of benzene rings is 1. The third-order valence-electron chi connectivity index (χ3n) is 3.11. The summed E-state index contributed by atoms with van der Waals surface area (Å²) in [4.78, 5) is 26.9. The number of nitrogens with one attached hydrogen (secondary N) is 1. The Morgan fingerprint density at radius 1 is 1.32 bits per heavy atom. The summed E-state index contributed by atoms with van der Waals surface area (Å²) in [5.74, 6) is -2.05. The van der Waals surface area contributed by atoms with Crippen LogP contribution in [0.25, 0.3) is 10.6 Å². The second-order valence-corrected chi connectivity index (χ2v) is 5.97. The van der Waals surface area contributed by atoms with Crippen molar-refractivity contribution in [3.63, 3.8) is 0 Å². The average Bonchev–Trinajstić information content (AvgIpc) is 3.03. The van der Waals surface area contributed by atoms with Crippen LogP contribution in [0.4, 0.5) is 13.2 Å². The minimum Gasteiger partial charge on any atom is -0.497 e. The number of nitrogens with zero attached hydrogens (tertiary/aromatic N) is 1. The third kappa shape index (κ3) is 5.18. The molecule has 2 N–H and O–H groups in total. The predicted molar refractivity (Wildman–Crippen MR) is 83.7 cm³/mol. The molecule has 0 bridgehead atoms. The van der Waals surface area contributed by atoms with Crippen molar-refractivity contribution in [1.82, 2.24) is 10.3 Å². The van der Waals surface area contributed by atoms with Crippen molar-refractivity contribution in [3.05, 3.63) is 35.3 Å². The molecule has 6 nitrogen and oxygen atoms in total. The van der Waals surface area contributed by atoms with Gasteiger partial charge in [-0.1, -0.05) is 0 Å². The van der Waals surface area contributed by atoms with Crippen molar-refractivity contribution in [3.8, 4) is 16.3 Å². The number of aliphatic carboxylic acids is 1. The zero-order valence-electron chi connectivity index (χ0n) is 12.8. The molecule has 0 aliphatic rings. The summed E-state index contributed by atoms with van der Waals surface area (Å²) in [7, 11) is 1.51. The van der Waals surface area contributed by atoms with Crippen LogP contribution in [0.2, 0.25) is 0 Å². The molecule has 0 spiro atoms. The average molecular weight is 374 g/mol. The van der Waals surface area contributed by atoms with Crippen LogP contribution in [0.15, 0.2) is 30.5 Å². The van der Waals surface area contributed by atoms with Gasteiger partial charge in [-0.3, -0.25) is 4.79 Å². The van der Waals surface area contributed by atoms with E-state index >= 15 is 0 Å². The Morgan fingerprint density at radius 2 is 1.96 bits per heavy atom. The van der Waals surface area contributed by atoms with Crippen LogP contribution in [0.3, 0.4) is 0 Å². The van der Waals surface area contributed by atoms with E-state index in [9.17, 15) is 22.8 Å². The van der Waals surface area contributed by atoms with E-state index in [1.165, 1.54) is 13.3 Å². The topological polar surface area (TPSA) is 88.5 Å². The number of thiazole rings is 1. The molecular formula is C15H13F3N2O4S. The maximum atomic E-state index is 12.4. The van der Waals surface area contributed by atoms with Gasteiger partial charge in [0, 0.05) is 5.56 Å². The number of amides is 1. The monoisotopic (exact) mass is 374 g/mol. The van der Waals surface area contributed by atoms with Gasteiger partial charge in [0.25, 0.3) is 5.91 Å². The minimum absolute atomic E-state index is 0.0132. The van der Waals surface area contributed by atoms with Gasteiger partial charge in [0.2, 0.25) is 0 Å². The van der Waals surface area contributed by atoms with Crippen molar-refractivity contribution < 1.29 is 32.6 Å². The van der Waals surface area contributed by atoms with Gasteiger partial charge in [0.1, 0.15) is 21.7 Å². The number of hydrogen-bond acceptors (Lipinski definition) is 5. The molecule has 0 radical (unpaired) electrons. The molecule has 0 saturated carbocycles. The van der Waals surface area contributed by atoms with Gasteiger partial charge in [-0.2, -0.15) is 13.2 Å². The molecule has 1 aromatic heterocycles. The van der Waals surface area contributed by atoms with E-state index < -0.39 is 30.5 Å². The van der Waals surface area contributed by atoms with Gasteiger partial charge < -0.3 is 15.2 Å². The number of rotatable bonds is 6. The lowest BCUT2D eigenvalue weighted by Gasteiger charge is -2.15. The smallest absolute Gasteiger partial charge is 0.391 e. The predicted octanol–water partition coefficient (Wildman–Crippen LogP) is 2.95. The Morgan fingerprint density at radius 3 is 2.48 bits per heavy atom. The van der Waals surface area contributed by atoms with Crippen molar-refractivity contribution in [2.75, 3.05) is 7.11 Å². The van der Waals surface area contributed by atoms with Crippen LogP contribution in [0, 0.1) is 0 Å². The Kier molecular flexibility index (Phi) is 5.62. The van der Waals surface area contributed by atoms with E-state index in [-0.39, 0.29) is 4.88 Å². The molecule has 1 unspecified atom stereocenters. The molecule has 2 rings (SSSR count). The Hall–Kier alpha value is -2.62. The molecule has 1 atom stereocenters. The molecule has 0 fully saturated rings. The van der Waals surface area contributed by atoms with Crippen LogP contribution < -0.4 is 10.1 Å². The number of aromatic nitrogens is 1. The van der Waals surface area contributed by atoms with Gasteiger partial charge in [-0.25, -0.2) is 9.78 Å². The minimum atomic E-state index is -4.71. The SMILES string of the molecule is COc1ccc(-c2ncc(C(=O)NC(CC(F)(F)F)C(=O)O)s2)cc1. The van der Waals surface area contributed by atoms with Gasteiger partial charge in [-0.15, -0.1) is 11.3 Å². The molecule has 1 aromatic carbocycles. The molecular weight excluding hydrogens is 361 g/mol. The van der Waals surface area contributed by atoms with Crippen LogP contribution in [0.1, 0.15) is 16.1 Å². The number of carboxylic acids is 1. The zero-order chi connectivity index (χ0) is 18.6. The van der Waals surface area contributed by atoms with E-state index in [4.69, 9.17) is 9.84 Å². The highest BCUT2D eigenvalue weighted by Gasteiger charge is 2.36. The third-order valence-corrected chi connectivity index (χ3v) is 4.15. The summed E-state index contributed by atoms with van der Waals surface area (Å²) >= 11 is 0.941. The molecule has 134 valence electrons. The van der Waals surface area contributed by atoms with E-state index in [1.807, 2.05) is 5.32 Å². The maximum Gasteiger partial charge on any atom is 0.391 e. The van der Waals surface area contributed by atoms with E-state index in [2.05, 4.69) is 4.98 Å². The molecule has 10 heteroatoms. The summed E-state index contributed by atoms with van der Waals surface area (Å²) in [6, 6.07) is 4.76. The second kappa shape index (κ2) is 7.51. The van der Waals surface area contributed by atoms with Gasteiger partial charge in [0.05, 0.1) is 19.7 Å². The highest BCUT2D eigenvalue weighted by atomic mass is 32.1. The highest BCUT2D eigenvalue weighted by Crippen LogP contribution is 2.27. The maximum absolute atomic E-state index is 12.4. The first-order valence-corrected chi connectivity index (χ1v) is 7.72. The molecule has 2 aromatic rings. The van der Waals surface area contributed by atoms with Crippen molar-refractivity contribution in [1.29, 1.82) is 0 Å². The molecule has 0 saturated heterocycles. The first-order valence-electron chi connectivity index (χ1n) is 6.90. The number of carbonyl (C=O) groups is 2. The summed E-state index contributed by atoms with van der Waals surface area (Å²) in [6.45, 7) is 0. The fraction of sp³-hybridized carbons (Fsp3) is 0.267. The lowest BCUT2D eigenvalue weighted by Crippen LogP contribution is -2.43. The lowest BCUT2D eigenvalue weighted by molar-refractivity contribution is -0.157. The van der Waals surface area contributed by atoms with Crippen LogP contribution >= 0.6 is 11.3 Å². The molecule has 0 aliphatic carbocycles. The summed E-state index contributed by atoms with van der Waals surface area (Å²) in [6.07, 6.45) is -5.18. The van der Waals surface area contributed by atoms with Crippen molar-refractivity contribution in [2.24, 2.45) is 0 Å². The fourth-order valence-corrected chi connectivity index (χ4v) is 2.73. The molecule has 0 aliphatic heterocycles. The Labute approximate surface area is 144 Å². The number of carboxylic acid groups (broad SMARTS) is 1. The van der Waals surface area contributed by atoms with E-state index in [0.717, 1.165) is 11.3 Å². The molecule has 1 heterocycles. The number of methoxy groups -OCH3 is 1. The molecule has 1 amide bonds. The van der Waals surface area contributed by atoms with E-state index in [0.29, 0.717) is 16.3 Å². The largest absolute Gasteiger partial charge is 0.497 e. The number of carbonyl (C=O) groups excluding carboxylic acids is 1. The van der Waals surface area contributed by atoms with Crippen LogP contribution in [-0.2, 0) is 4.79 Å². The Bertz CT molecular complexity index is 759. The Balaban J connectivity index is 2.12. The number of hydrogen-bond donors (Lipinski definition) is 2. The lowest BCUT2D eigenvalue weighted by atomic mass is 10.2. The van der Waals surface area contributed by atoms with Gasteiger partial charge >= 0.3 is 12.1 Å². The zero-order valence-corrected chi connectivity index (χ0v) is 13.6. The quantitative estimate of drug-likeness (QED) is 0.812. The summed E-state index contributed by atoms with van der Waals surface area (Å²) in [5.41, 5.74) is 0.690. The standard InChI is InChI=1S/C15H13F3N2O4S/c1-24-9-4-2-8(3-5-9)13-19-7-11(25-13)12(21)20-10(14(22)23)6-15(16,17)18/h2-5,7,10H,6H2,1H3,(H,20,21)(H,22,23). The summed E-state index contributed by atoms with van der Waals surface area (Å²) < 4.78 is 42.1. The highest BCUT2D eigenvalue weighted by molar-refractivity contribution is 7.16. The normalized spacial score (nSPS) is 12.5. The first kappa shape index (κ1) is 18.7. The number of halogens is 3. The fourth-order valence-electron chi connectivity index (χ4n) is 1.91. The van der Waals surface area contributed by atoms with Gasteiger partial charge in [-0.05, 0) is 24.3 Å². The van der Waals surface area contributed by atoms with Crippen molar-refractivity contribution >= 4 is 23.2 Å².